The van der Waals surface area contributed by atoms with Gasteiger partial charge in [-0.3, -0.25) is 9.59 Å². The summed E-state index contributed by atoms with van der Waals surface area (Å²) in [5.41, 5.74) is 2.35. The van der Waals surface area contributed by atoms with E-state index < -0.39 is 0 Å². The molecular weight excluding hydrogens is 376 g/mol. The zero-order valence-electron chi connectivity index (χ0n) is 15.4. The molecule has 1 aromatic carbocycles. The molecule has 0 unspecified atom stereocenters. The monoisotopic (exact) mass is 394 g/mol. The Kier molecular flexibility index (Phi) is 4.83. The maximum Gasteiger partial charge on any atom is 0.228 e. The van der Waals surface area contributed by atoms with Crippen molar-refractivity contribution in [3.05, 3.63) is 74.0 Å². The molecule has 4 aromatic rings. The fraction of sp³-hybridized carbons (Fsp3) is 0.190. The number of aryl methyl sites for hydroxylation is 2. The molecule has 0 saturated heterocycles. The second-order valence-corrected chi connectivity index (χ2v) is 7.53. The van der Waals surface area contributed by atoms with E-state index in [0.717, 1.165) is 16.3 Å². The summed E-state index contributed by atoms with van der Waals surface area (Å²) in [6, 6.07) is 10.8. The molecule has 3 aromatic heterocycles. The minimum Gasteiger partial charge on any atom is -0.457 e. The Morgan fingerprint density at radius 1 is 1.14 bits per heavy atom. The number of furan rings is 1. The van der Waals surface area contributed by atoms with Crippen molar-refractivity contribution in [2.24, 2.45) is 0 Å². The Hall–Kier alpha value is -3.19. The highest BCUT2D eigenvalue weighted by molar-refractivity contribution is 7.09. The van der Waals surface area contributed by atoms with Crippen LogP contribution < -0.4 is 10.7 Å². The van der Waals surface area contributed by atoms with Crippen LogP contribution in [-0.4, -0.2) is 10.9 Å². The SMILES string of the molecule is Cc1cc(=O)c2oc(-c3ccccc3)c(CC(=O)NCc3csc(C)n3)c2o1. The third kappa shape index (κ3) is 3.61. The molecule has 1 amide bonds. The Bertz CT molecular complexity index is 1200. The summed E-state index contributed by atoms with van der Waals surface area (Å²) in [4.78, 5) is 29.3. The number of nitrogens with zero attached hydrogens (tertiary/aromatic N) is 1. The van der Waals surface area contributed by atoms with Gasteiger partial charge in [0, 0.05) is 17.0 Å². The topological polar surface area (TPSA) is 85.3 Å². The second kappa shape index (κ2) is 7.44. The van der Waals surface area contributed by atoms with Crippen molar-refractivity contribution in [2.75, 3.05) is 0 Å². The number of aromatic nitrogens is 1. The predicted octanol–water partition coefficient (Wildman–Crippen LogP) is 3.99. The number of thiazole rings is 1. The molecule has 0 bridgehead atoms. The molecular formula is C21H18N2O4S. The van der Waals surface area contributed by atoms with Gasteiger partial charge in [0.2, 0.25) is 16.9 Å². The van der Waals surface area contributed by atoms with Gasteiger partial charge in [0.25, 0.3) is 0 Å². The zero-order valence-corrected chi connectivity index (χ0v) is 16.3. The van der Waals surface area contributed by atoms with Gasteiger partial charge in [-0.2, -0.15) is 0 Å². The number of carbonyl (C=O) groups is 1. The van der Waals surface area contributed by atoms with E-state index in [2.05, 4.69) is 10.3 Å². The van der Waals surface area contributed by atoms with Crippen LogP contribution in [-0.2, 0) is 17.8 Å². The van der Waals surface area contributed by atoms with Crippen molar-refractivity contribution in [1.82, 2.24) is 10.3 Å². The second-order valence-electron chi connectivity index (χ2n) is 6.47. The van der Waals surface area contributed by atoms with Gasteiger partial charge in [0.15, 0.2) is 5.58 Å². The first kappa shape index (κ1) is 18.2. The highest BCUT2D eigenvalue weighted by Gasteiger charge is 2.22. The fourth-order valence-electron chi connectivity index (χ4n) is 3.05. The lowest BCUT2D eigenvalue weighted by molar-refractivity contribution is -0.120. The summed E-state index contributed by atoms with van der Waals surface area (Å²) in [7, 11) is 0. The smallest absolute Gasteiger partial charge is 0.228 e. The van der Waals surface area contributed by atoms with Crippen LogP contribution in [0.25, 0.3) is 22.5 Å². The molecule has 7 heteroatoms. The molecule has 0 atom stereocenters. The molecule has 0 saturated carbocycles. The normalized spacial score (nSPS) is 11.1. The third-order valence-electron chi connectivity index (χ3n) is 4.29. The largest absolute Gasteiger partial charge is 0.457 e. The Labute approximate surface area is 164 Å². The molecule has 0 radical (unpaired) electrons. The van der Waals surface area contributed by atoms with Crippen LogP contribution >= 0.6 is 11.3 Å². The fourth-order valence-corrected chi connectivity index (χ4v) is 3.66. The average molecular weight is 394 g/mol. The third-order valence-corrected chi connectivity index (χ3v) is 5.11. The lowest BCUT2D eigenvalue weighted by Gasteiger charge is -2.05. The molecule has 0 aliphatic heterocycles. The van der Waals surface area contributed by atoms with Crippen molar-refractivity contribution in [1.29, 1.82) is 0 Å². The first-order chi connectivity index (χ1) is 13.5. The van der Waals surface area contributed by atoms with E-state index in [-0.39, 0.29) is 23.3 Å². The quantitative estimate of drug-likeness (QED) is 0.553. The van der Waals surface area contributed by atoms with Crippen LogP contribution in [0.5, 0.6) is 0 Å². The van der Waals surface area contributed by atoms with Crippen LogP contribution in [0.2, 0.25) is 0 Å². The van der Waals surface area contributed by atoms with E-state index in [4.69, 9.17) is 8.83 Å². The van der Waals surface area contributed by atoms with Gasteiger partial charge >= 0.3 is 0 Å². The molecule has 28 heavy (non-hydrogen) atoms. The van der Waals surface area contributed by atoms with Crippen LogP contribution in [0.1, 0.15) is 22.0 Å². The minimum atomic E-state index is -0.263. The van der Waals surface area contributed by atoms with Gasteiger partial charge < -0.3 is 14.2 Å². The predicted molar refractivity (Wildman–Crippen MR) is 107 cm³/mol. The highest BCUT2D eigenvalue weighted by Crippen LogP contribution is 2.33. The maximum atomic E-state index is 12.6. The summed E-state index contributed by atoms with van der Waals surface area (Å²) in [6.45, 7) is 3.97. The van der Waals surface area contributed by atoms with Gasteiger partial charge in [-0.15, -0.1) is 11.3 Å². The number of hydrogen-bond donors (Lipinski definition) is 1. The number of nitrogens with one attached hydrogen (secondary N) is 1. The summed E-state index contributed by atoms with van der Waals surface area (Å²) in [6.07, 6.45) is 0.0345. The summed E-state index contributed by atoms with van der Waals surface area (Å²) < 4.78 is 11.6. The Morgan fingerprint density at radius 2 is 1.93 bits per heavy atom. The number of fused-ring (bicyclic) bond motifs is 1. The van der Waals surface area contributed by atoms with Crippen molar-refractivity contribution < 1.29 is 13.6 Å². The molecule has 3 heterocycles. The van der Waals surface area contributed by atoms with Crippen molar-refractivity contribution in [3.8, 4) is 11.3 Å². The van der Waals surface area contributed by atoms with E-state index in [0.29, 0.717) is 29.2 Å². The number of hydrogen-bond acceptors (Lipinski definition) is 6. The molecule has 6 nitrogen and oxygen atoms in total. The van der Waals surface area contributed by atoms with Gasteiger partial charge in [-0.1, -0.05) is 30.3 Å². The Balaban J connectivity index is 1.69. The minimum absolute atomic E-state index is 0.0345. The van der Waals surface area contributed by atoms with Crippen molar-refractivity contribution in [2.45, 2.75) is 26.8 Å². The highest BCUT2D eigenvalue weighted by atomic mass is 32.1. The average Bonchev–Trinajstić information content (AvgIpc) is 3.25. The van der Waals surface area contributed by atoms with Crippen molar-refractivity contribution in [3.63, 3.8) is 0 Å². The van der Waals surface area contributed by atoms with Crippen LogP contribution in [0.15, 0.2) is 55.4 Å². The van der Waals surface area contributed by atoms with Crippen LogP contribution in [0, 0.1) is 13.8 Å². The van der Waals surface area contributed by atoms with Gasteiger partial charge in [-0.05, 0) is 13.8 Å². The zero-order chi connectivity index (χ0) is 19.7. The summed E-state index contributed by atoms with van der Waals surface area (Å²) in [5.74, 6) is 0.744. The number of benzene rings is 1. The van der Waals surface area contributed by atoms with Crippen molar-refractivity contribution >= 4 is 28.4 Å². The van der Waals surface area contributed by atoms with E-state index in [1.807, 2.05) is 42.6 Å². The lowest BCUT2D eigenvalue weighted by atomic mass is 10.1. The molecule has 4 rings (SSSR count). The summed E-state index contributed by atoms with van der Waals surface area (Å²) in [5, 5.41) is 5.74. The Morgan fingerprint density at radius 3 is 2.64 bits per heavy atom. The summed E-state index contributed by atoms with van der Waals surface area (Å²) >= 11 is 1.54. The molecule has 1 N–H and O–H groups in total. The van der Waals surface area contributed by atoms with E-state index in [1.165, 1.54) is 17.4 Å². The van der Waals surface area contributed by atoms with Gasteiger partial charge in [-0.25, -0.2) is 4.98 Å². The first-order valence-electron chi connectivity index (χ1n) is 8.80. The molecule has 0 aliphatic rings. The number of carbonyl (C=O) groups excluding carboxylic acids is 1. The van der Waals surface area contributed by atoms with Crippen LogP contribution in [0.3, 0.4) is 0 Å². The first-order valence-corrected chi connectivity index (χ1v) is 9.68. The molecule has 0 fully saturated rings. The van der Waals surface area contributed by atoms with E-state index in [9.17, 15) is 9.59 Å². The van der Waals surface area contributed by atoms with E-state index >= 15 is 0 Å². The molecule has 0 spiro atoms. The number of rotatable bonds is 5. The molecule has 0 aliphatic carbocycles. The van der Waals surface area contributed by atoms with Gasteiger partial charge in [0.05, 0.1) is 29.2 Å². The standard InChI is InChI=1S/C21H18N2O4S/c1-12-8-17(24)21-20(26-12)16(19(27-21)14-6-4-3-5-7-14)9-18(25)22-10-15-11-28-13(2)23-15/h3-8,11H,9-10H2,1-2H3,(H,22,25). The van der Waals surface area contributed by atoms with Gasteiger partial charge in [0.1, 0.15) is 11.5 Å². The maximum absolute atomic E-state index is 12.6. The van der Waals surface area contributed by atoms with E-state index in [1.54, 1.807) is 6.92 Å². The lowest BCUT2D eigenvalue weighted by Crippen LogP contribution is -2.24. The van der Waals surface area contributed by atoms with Crippen LogP contribution in [0.4, 0.5) is 0 Å². The molecule has 142 valence electrons. The number of amides is 1.